The number of hydrogen-bond acceptors (Lipinski definition) is 4. The fourth-order valence-electron chi connectivity index (χ4n) is 7.91. The Hall–Kier alpha value is -5.16. The van der Waals surface area contributed by atoms with Gasteiger partial charge >= 0.3 is 0 Å². The normalized spacial score (nSPS) is 12.5. The summed E-state index contributed by atoms with van der Waals surface area (Å²) in [5.74, 6) is 0.568. The number of rotatable bonds is 14. The first-order valence-electron chi connectivity index (χ1n) is 18.7. The monoisotopic (exact) mass is 704 g/mol. The minimum absolute atomic E-state index is 0.284. The highest BCUT2D eigenvalue weighted by atomic mass is 16.5. The summed E-state index contributed by atoms with van der Waals surface area (Å²) in [5.41, 5.74) is 14.6. The molecule has 6 aromatic rings. The van der Waals surface area contributed by atoms with Crippen molar-refractivity contribution in [1.82, 2.24) is 0 Å². The number of para-hydroxylation sites is 2. The fourth-order valence-corrected chi connectivity index (χ4v) is 7.91. The highest BCUT2D eigenvalue weighted by molar-refractivity contribution is 5.78. The molecule has 0 aliphatic rings. The maximum Gasteiger partial charge on any atom is 0.126 e. The van der Waals surface area contributed by atoms with Gasteiger partial charge in [-0.05, 0) is 97.2 Å². The first-order valence-corrected chi connectivity index (χ1v) is 18.7. The quantitative estimate of drug-likeness (QED) is 0.118. The molecule has 2 N–H and O–H groups in total. The molecule has 6 rings (SSSR count). The molecule has 0 saturated carbocycles. The van der Waals surface area contributed by atoms with Crippen LogP contribution >= 0.6 is 0 Å². The molecule has 4 heteroatoms. The second kappa shape index (κ2) is 17.1. The van der Waals surface area contributed by atoms with Crippen LogP contribution in [0.1, 0.15) is 62.1 Å². The lowest BCUT2D eigenvalue weighted by atomic mass is 9.89. The van der Waals surface area contributed by atoms with Crippen LogP contribution < -0.4 is 0 Å². The van der Waals surface area contributed by atoms with Crippen molar-refractivity contribution in [1.29, 1.82) is 0 Å². The van der Waals surface area contributed by atoms with E-state index in [1.807, 2.05) is 72.8 Å². The predicted molar refractivity (Wildman–Crippen MR) is 218 cm³/mol. The first kappa shape index (κ1) is 37.6. The van der Waals surface area contributed by atoms with Gasteiger partial charge in [0.05, 0.1) is 25.4 Å². The van der Waals surface area contributed by atoms with Gasteiger partial charge < -0.3 is 19.7 Å². The van der Waals surface area contributed by atoms with Gasteiger partial charge in [0.2, 0.25) is 0 Å². The topological polar surface area (TPSA) is 58.9 Å². The Morgan fingerprint density at radius 3 is 1.17 bits per heavy atom. The number of hydrogen-bond donors (Lipinski definition) is 2. The lowest BCUT2D eigenvalue weighted by Crippen LogP contribution is -2.27. The maximum absolute atomic E-state index is 11.8. The molecular formula is C49H52O4. The zero-order valence-electron chi connectivity index (χ0n) is 31.9. The van der Waals surface area contributed by atoms with E-state index in [1.165, 1.54) is 11.1 Å². The van der Waals surface area contributed by atoms with Crippen molar-refractivity contribution in [3.05, 3.63) is 177 Å². The number of phenolic OH excluding ortho intramolecular Hbond substituents is 2. The summed E-state index contributed by atoms with van der Waals surface area (Å²) >= 11 is 0. The van der Waals surface area contributed by atoms with Gasteiger partial charge in [0, 0.05) is 30.4 Å². The van der Waals surface area contributed by atoms with Gasteiger partial charge in [-0.2, -0.15) is 0 Å². The zero-order chi connectivity index (χ0) is 37.5. The highest BCUT2D eigenvalue weighted by Crippen LogP contribution is 2.39. The summed E-state index contributed by atoms with van der Waals surface area (Å²) < 4.78 is 13.5. The first-order chi connectivity index (χ1) is 25.6. The highest BCUT2D eigenvalue weighted by Gasteiger charge is 2.24. The van der Waals surface area contributed by atoms with Crippen molar-refractivity contribution in [3.8, 4) is 33.8 Å². The Kier molecular flexibility index (Phi) is 12.1. The number of aryl methyl sites for hydroxylation is 6. The smallest absolute Gasteiger partial charge is 0.126 e. The average molecular weight is 705 g/mol. The Balaban J connectivity index is 1.34. The molecular weight excluding hydrogens is 653 g/mol. The van der Waals surface area contributed by atoms with Crippen molar-refractivity contribution in [2.24, 2.45) is 0 Å². The number of ether oxygens (including phenoxy) is 2. The molecule has 4 nitrogen and oxygen atoms in total. The van der Waals surface area contributed by atoms with E-state index in [9.17, 15) is 10.2 Å². The molecule has 0 heterocycles. The summed E-state index contributed by atoms with van der Waals surface area (Å²) in [6.07, 6.45) is 0.969. The van der Waals surface area contributed by atoms with E-state index in [2.05, 4.69) is 90.1 Å². The van der Waals surface area contributed by atoms with E-state index >= 15 is 0 Å². The van der Waals surface area contributed by atoms with Crippen LogP contribution in [-0.4, -0.2) is 22.4 Å². The lowest BCUT2D eigenvalue weighted by Gasteiger charge is -2.26. The number of benzene rings is 6. The lowest BCUT2D eigenvalue weighted by molar-refractivity contribution is -0.0290. The van der Waals surface area contributed by atoms with Crippen LogP contribution in [0, 0.1) is 41.5 Å². The van der Waals surface area contributed by atoms with Gasteiger partial charge in [0.1, 0.15) is 11.5 Å². The van der Waals surface area contributed by atoms with Crippen molar-refractivity contribution < 1.29 is 19.7 Å². The van der Waals surface area contributed by atoms with E-state index < -0.39 is 0 Å². The molecule has 0 spiro atoms. The minimum atomic E-state index is -0.288. The fraction of sp³-hybridized carbons (Fsp3) is 0.265. The number of phenols is 2. The summed E-state index contributed by atoms with van der Waals surface area (Å²) in [4.78, 5) is 0. The van der Waals surface area contributed by atoms with Crippen LogP contribution in [0.4, 0.5) is 0 Å². The molecule has 0 radical (unpaired) electrons. The molecule has 0 amide bonds. The second-order valence-electron chi connectivity index (χ2n) is 14.7. The summed E-state index contributed by atoms with van der Waals surface area (Å²) in [5, 5.41) is 23.7. The second-order valence-corrected chi connectivity index (χ2v) is 14.7. The van der Waals surface area contributed by atoms with Gasteiger partial charge in [-0.1, -0.05) is 132 Å². The van der Waals surface area contributed by atoms with Crippen LogP contribution in [0.5, 0.6) is 11.5 Å². The number of aromatic hydroxyl groups is 2. The molecule has 2 atom stereocenters. The average Bonchev–Trinajstić information content (AvgIpc) is 3.12. The Morgan fingerprint density at radius 2 is 0.811 bits per heavy atom. The predicted octanol–water partition coefficient (Wildman–Crippen LogP) is 11.6. The van der Waals surface area contributed by atoms with Crippen LogP contribution in [0.25, 0.3) is 22.3 Å². The molecule has 0 aliphatic heterocycles. The van der Waals surface area contributed by atoms with Crippen LogP contribution in [0.2, 0.25) is 0 Å². The molecule has 0 fully saturated rings. The summed E-state index contributed by atoms with van der Waals surface area (Å²) in [6, 6.07) is 41.1. The van der Waals surface area contributed by atoms with E-state index in [4.69, 9.17) is 9.47 Å². The van der Waals surface area contributed by atoms with Gasteiger partial charge in [-0.3, -0.25) is 0 Å². The van der Waals surface area contributed by atoms with Crippen molar-refractivity contribution in [2.75, 3.05) is 0 Å². The molecule has 6 aromatic carbocycles. The summed E-state index contributed by atoms with van der Waals surface area (Å²) in [6.45, 7) is 13.5. The van der Waals surface area contributed by atoms with Crippen molar-refractivity contribution in [2.45, 2.75) is 86.2 Å². The third-order valence-corrected chi connectivity index (χ3v) is 10.2. The van der Waals surface area contributed by atoms with Gasteiger partial charge in [0.25, 0.3) is 0 Å². The molecule has 53 heavy (non-hydrogen) atoms. The van der Waals surface area contributed by atoms with Gasteiger partial charge in [-0.25, -0.2) is 0 Å². The van der Waals surface area contributed by atoms with E-state index in [0.717, 1.165) is 66.8 Å². The van der Waals surface area contributed by atoms with Crippen LogP contribution in [-0.2, 0) is 35.5 Å². The van der Waals surface area contributed by atoms with Crippen molar-refractivity contribution in [3.63, 3.8) is 0 Å². The molecule has 0 aliphatic carbocycles. The molecule has 0 aromatic heterocycles. The molecule has 0 unspecified atom stereocenters. The molecule has 0 bridgehead atoms. The maximum atomic E-state index is 11.8. The van der Waals surface area contributed by atoms with Gasteiger partial charge in [-0.15, -0.1) is 0 Å². The molecule has 272 valence electrons. The van der Waals surface area contributed by atoms with Crippen LogP contribution in [0.3, 0.4) is 0 Å². The summed E-state index contributed by atoms with van der Waals surface area (Å²) in [7, 11) is 0. The van der Waals surface area contributed by atoms with Crippen LogP contribution in [0.15, 0.2) is 121 Å². The minimum Gasteiger partial charge on any atom is -0.507 e. The van der Waals surface area contributed by atoms with E-state index in [-0.39, 0.29) is 23.7 Å². The SMILES string of the molecule is Cc1cc(C)c(-c2cccc(C[C@@H](C[C@H](Cc3cccc(-c4c(C)cc(C)cc4C)c3O)OCc3ccccc3)OCc3ccccc3)c2O)c(C)c1. The third kappa shape index (κ3) is 9.26. The zero-order valence-corrected chi connectivity index (χ0v) is 31.9. The van der Waals surface area contributed by atoms with E-state index in [0.29, 0.717) is 32.5 Å². The Morgan fingerprint density at radius 1 is 0.453 bits per heavy atom. The van der Waals surface area contributed by atoms with Crippen molar-refractivity contribution >= 4 is 0 Å². The third-order valence-electron chi connectivity index (χ3n) is 10.2. The Bertz CT molecular complexity index is 1950. The Labute approximate surface area is 315 Å². The van der Waals surface area contributed by atoms with E-state index in [1.54, 1.807) is 0 Å². The van der Waals surface area contributed by atoms with Gasteiger partial charge in [0.15, 0.2) is 0 Å². The standard InChI is InChI=1S/C49H52O4/c1-32-23-34(3)46(35(4)24-32)44-21-13-19-40(48(44)50)27-42(52-30-38-15-9-7-10-16-38)29-43(53-31-39-17-11-8-12-18-39)28-41-20-14-22-45(49(41)51)47-36(5)25-33(2)26-37(47)6/h7-26,42-43,50-51H,27-31H2,1-6H3/t42-,43-/m0/s1. The molecule has 0 saturated heterocycles. The largest absolute Gasteiger partial charge is 0.507 e.